The zero-order valence-electron chi connectivity index (χ0n) is 23.2. The summed E-state index contributed by atoms with van der Waals surface area (Å²) in [5.41, 5.74) is 4.11. The van der Waals surface area contributed by atoms with Crippen molar-refractivity contribution >= 4 is 11.6 Å². The summed E-state index contributed by atoms with van der Waals surface area (Å²) in [6, 6.07) is 8.74. The number of H-pyrrole nitrogens is 1. The number of Topliss-reactive ketones (excluding diaryl/α,β-unsaturated/α-hetero) is 1. The molecule has 1 atom stereocenters. The Morgan fingerprint density at radius 1 is 1.09 bits per heavy atom. The topological polar surface area (TPSA) is 49.0 Å². The Morgan fingerprint density at radius 3 is 2.06 bits per heavy atom. The van der Waals surface area contributed by atoms with Gasteiger partial charge in [-0.25, -0.2) is 4.98 Å². The molecule has 1 saturated carbocycles. The molecule has 0 aliphatic heterocycles. The first-order chi connectivity index (χ1) is 15.7. The Bertz CT molecular complexity index is 846. The number of carbonyl (C=O) groups excluding carboxylic acids is 1. The van der Waals surface area contributed by atoms with E-state index in [0.717, 1.165) is 23.8 Å². The highest BCUT2D eigenvalue weighted by Gasteiger charge is 2.40. The summed E-state index contributed by atoms with van der Waals surface area (Å²) in [5.74, 6) is 1.56. The van der Waals surface area contributed by atoms with Gasteiger partial charge in [0.15, 0.2) is 11.6 Å². The largest absolute Gasteiger partial charge is 0.337 e. The van der Waals surface area contributed by atoms with E-state index in [9.17, 15) is 4.79 Å². The van der Waals surface area contributed by atoms with Gasteiger partial charge in [0.25, 0.3) is 0 Å². The van der Waals surface area contributed by atoms with Gasteiger partial charge in [0.1, 0.15) is 11.5 Å². The van der Waals surface area contributed by atoms with Crippen molar-refractivity contribution in [2.75, 3.05) is 4.90 Å². The number of ketones is 1. The molecule has 1 heterocycles. The number of hydrogen-bond donors (Lipinski definition) is 1. The Balaban J connectivity index is 0.00000158. The maximum Gasteiger partial charge on any atom is 0.179 e. The van der Waals surface area contributed by atoms with Crippen molar-refractivity contribution in [3.8, 4) is 0 Å². The van der Waals surface area contributed by atoms with E-state index >= 15 is 0 Å². The summed E-state index contributed by atoms with van der Waals surface area (Å²) in [6.45, 7) is 26.5. The number of anilines is 1. The van der Waals surface area contributed by atoms with Gasteiger partial charge in [-0.2, -0.15) is 0 Å². The van der Waals surface area contributed by atoms with Crippen LogP contribution < -0.4 is 4.90 Å². The van der Waals surface area contributed by atoms with Crippen LogP contribution in [-0.2, 0) is 6.42 Å². The third-order valence-corrected chi connectivity index (χ3v) is 5.73. The van der Waals surface area contributed by atoms with Crippen LogP contribution in [-0.4, -0.2) is 21.8 Å². The van der Waals surface area contributed by atoms with Gasteiger partial charge in [-0.05, 0) is 37.7 Å². The van der Waals surface area contributed by atoms with Crippen LogP contribution in [0.25, 0.3) is 0 Å². The van der Waals surface area contributed by atoms with E-state index in [1.807, 2.05) is 48.5 Å². The lowest BCUT2D eigenvalue weighted by atomic mass is 9.86. The van der Waals surface area contributed by atoms with E-state index in [1.54, 1.807) is 6.92 Å². The molecule has 1 aliphatic rings. The number of nitrogens with one attached hydrogen (secondary N) is 1. The molecule has 1 N–H and O–H groups in total. The van der Waals surface area contributed by atoms with E-state index in [-0.39, 0.29) is 11.2 Å². The summed E-state index contributed by atoms with van der Waals surface area (Å²) < 4.78 is 0. The standard InChI is InChI=1S/C23H31N3O.3C2H6/c1-15(2)26(19-8-7-13-23(19,5)6)22-21(17(4)27)24-20(25-22)14-18-11-9-16(3)10-12-18;3*1-2/h9-12,19H,1,7-8,13-14H2,2-6H3,(H,24,25);3*1-2H3/t19-;;;/m0.../s1. The molecule has 1 aliphatic carbocycles. The predicted octanol–water partition coefficient (Wildman–Crippen LogP) is 8.51. The van der Waals surface area contributed by atoms with E-state index < -0.39 is 0 Å². The van der Waals surface area contributed by atoms with Gasteiger partial charge >= 0.3 is 0 Å². The van der Waals surface area contributed by atoms with Crippen molar-refractivity contribution in [2.45, 2.75) is 108 Å². The van der Waals surface area contributed by atoms with Crippen molar-refractivity contribution in [1.82, 2.24) is 9.97 Å². The van der Waals surface area contributed by atoms with Crippen molar-refractivity contribution in [2.24, 2.45) is 5.41 Å². The van der Waals surface area contributed by atoms with Gasteiger partial charge in [0.2, 0.25) is 0 Å². The minimum atomic E-state index is 0.00899. The number of hydrogen-bond acceptors (Lipinski definition) is 3. The van der Waals surface area contributed by atoms with Gasteiger partial charge < -0.3 is 9.88 Å². The number of nitrogens with zero attached hydrogens (tertiary/aromatic N) is 2. The van der Waals surface area contributed by atoms with E-state index in [4.69, 9.17) is 4.98 Å². The van der Waals surface area contributed by atoms with Gasteiger partial charge in [0.05, 0.1) is 0 Å². The average Bonchev–Trinajstić information content (AvgIpc) is 3.37. The summed E-state index contributed by atoms with van der Waals surface area (Å²) in [6.07, 6.45) is 4.14. The third-order valence-electron chi connectivity index (χ3n) is 5.73. The lowest BCUT2D eigenvalue weighted by molar-refractivity contribution is 0.101. The fourth-order valence-electron chi connectivity index (χ4n) is 4.20. The molecule has 1 aromatic carbocycles. The number of aromatic amines is 1. The maximum atomic E-state index is 12.4. The summed E-state index contributed by atoms with van der Waals surface area (Å²) in [5, 5.41) is 0. The molecule has 0 unspecified atom stereocenters. The first-order valence-electron chi connectivity index (χ1n) is 12.8. The second-order valence-corrected chi connectivity index (χ2v) is 8.60. The molecule has 4 heteroatoms. The molecule has 1 aromatic heterocycles. The highest BCUT2D eigenvalue weighted by molar-refractivity contribution is 5.97. The minimum Gasteiger partial charge on any atom is -0.337 e. The number of aryl methyl sites for hydroxylation is 1. The molecule has 0 saturated heterocycles. The lowest BCUT2D eigenvalue weighted by Crippen LogP contribution is -2.41. The van der Waals surface area contributed by atoms with Crippen LogP contribution in [0.4, 0.5) is 5.82 Å². The van der Waals surface area contributed by atoms with Gasteiger partial charge in [0, 0.05) is 25.1 Å². The molecule has 0 spiro atoms. The molecular weight excluding hydrogens is 406 g/mol. The second-order valence-electron chi connectivity index (χ2n) is 8.60. The summed E-state index contributed by atoms with van der Waals surface area (Å²) >= 11 is 0. The molecule has 33 heavy (non-hydrogen) atoms. The second kappa shape index (κ2) is 14.7. The molecule has 0 radical (unpaired) electrons. The molecule has 1 fully saturated rings. The van der Waals surface area contributed by atoms with Crippen LogP contribution in [0.3, 0.4) is 0 Å². The Hall–Kier alpha value is -2.36. The van der Waals surface area contributed by atoms with Crippen LogP contribution in [0.2, 0.25) is 0 Å². The highest BCUT2D eigenvalue weighted by atomic mass is 16.1. The molecular formula is C29H49N3O. The lowest BCUT2D eigenvalue weighted by Gasteiger charge is -2.38. The van der Waals surface area contributed by atoms with E-state index in [2.05, 4.69) is 61.5 Å². The van der Waals surface area contributed by atoms with Crippen molar-refractivity contribution in [1.29, 1.82) is 0 Å². The number of imidazole rings is 1. The van der Waals surface area contributed by atoms with Gasteiger partial charge in [-0.15, -0.1) is 0 Å². The zero-order chi connectivity index (χ0) is 25.8. The Morgan fingerprint density at radius 2 is 1.64 bits per heavy atom. The first-order valence-corrected chi connectivity index (χ1v) is 12.8. The van der Waals surface area contributed by atoms with Crippen molar-refractivity contribution in [3.63, 3.8) is 0 Å². The molecule has 3 rings (SSSR count). The Kier molecular flexibility index (Phi) is 13.7. The fraction of sp³-hybridized carbons (Fsp3) is 0.586. The summed E-state index contributed by atoms with van der Waals surface area (Å²) in [4.78, 5) is 22.7. The maximum absolute atomic E-state index is 12.4. The monoisotopic (exact) mass is 455 g/mol. The Labute approximate surface area is 203 Å². The van der Waals surface area contributed by atoms with Gasteiger partial charge in [-0.3, -0.25) is 4.79 Å². The van der Waals surface area contributed by atoms with E-state index in [1.165, 1.54) is 24.0 Å². The highest BCUT2D eigenvalue weighted by Crippen LogP contribution is 2.43. The quantitative estimate of drug-likeness (QED) is 0.444. The SMILES string of the molecule is C=C(C)N(c1nc(Cc2ccc(C)cc2)[nH]c1C(C)=O)[C@H]1CCCC1(C)C.CC.CC.CC. The van der Waals surface area contributed by atoms with E-state index in [0.29, 0.717) is 18.2 Å². The molecule has 0 bridgehead atoms. The van der Waals surface area contributed by atoms with Crippen LogP contribution in [0.1, 0.15) is 116 Å². The number of rotatable bonds is 6. The average molecular weight is 456 g/mol. The molecule has 4 nitrogen and oxygen atoms in total. The number of benzene rings is 1. The van der Waals surface area contributed by atoms with Crippen LogP contribution >= 0.6 is 0 Å². The van der Waals surface area contributed by atoms with Gasteiger partial charge in [-0.1, -0.05) is 98.2 Å². The first kappa shape index (κ1) is 30.6. The molecule has 2 aromatic rings. The van der Waals surface area contributed by atoms with Crippen molar-refractivity contribution < 1.29 is 4.79 Å². The van der Waals surface area contributed by atoms with Crippen LogP contribution in [0.5, 0.6) is 0 Å². The normalized spacial score (nSPS) is 15.7. The summed E-state index contributed by atoms with van der Waals surface area (Å²) in [7, 11) is 0. The van der Waals surface area contributed by atoms with Crippen molar-refractivity contribution in [3.05, 3.63) is 59.2 Å². The fourth-order valence-corrected chi connectivity index (χ4v) is 4.20. The number of allylic oxidation sites excluding steroid dienone is 1. The minimum absolute atomic E-state index is 0.00899. The zero-order valence-corrected chi connectivity index (χ0v) is 23.2. The predicted molar refractivity (Wildman–Crippen MR) is 145 cm³/mol. The number of carbonyl (C=O) groups is 1. The van der Waals surface area contributed by atoms with Crippen LogP contribution in [0.15, 0.2) is 36.5 Å². The van der Waals surface area contributed by atoms with Crippen LogP contribution in [0, 0.1) is 12.3 Å². The smallest absolute Gasteiger partial charge is 0.179 e. The third kappa shape index (κ3) is 8.17. The molecule has 186 valence electrons. The molecule has 0 amide bonds. The number of aromatic nitrogens is 2.